The number of aryl methyl sites for hydroxylation is 1. The number of azide groups is 1. The number of anilines is 1. The second-order valence-corrected chi connectivity index (χ2v) is 19.5. The largest absolute Gasteiger partial charge is 0.458 e. The first-order valence-electron chi connectivity index (χ1n) is 25.9. The van der Waals surface area contributed by atoms with Crippen LogP contribution >= 0.6 is 0 Å². The van der Waals surface area contributed by atoms with Gasteiger partial charge >= 0.3 is 12.1 Å². The molecular formula is C56H63FN10O9. The van der Waals surface area contributed by atoms with Gasteiger partial charge in [-0.3, -0.25) is 19.2 Å². The molecule has 0 radical (unpaired) electrons. The number of pyridine rings is 2. The number of rotatable bonds is 24. The van der Waals surface area contributed by atoms with Gasteiger partial charge in [-0.1, -0.05) is 73.9 Å². The monoisotopic (exact) mass is 1040 g/mol. The molecule has 4 atom stereocenters. The van der Waals surface area contributed by atoms with Crippen LogP contribution in [-0.4, -0.2) is 69.6 Å². The summed E-state index contributed by atoms with van der Waals surface area (Å²) in [5, 5.41) is 30.4. The maximum atomic E-state index is 15.5. The van der Waals surface area contributed by atoms with E-state index >= 15 is 4.39 Å². The number of alkyl carbamates (subject to hydrolysis) is 1. The summed E-state index contributed by atoms with van der Waals surface area (Å²) in [5.74, 6) is -2.53. The fraction of sp³-hybridized carbons (Fsp3) is 0.411. The second-order valence-electron chi connectivity index (χ2n) is 19.5. The van der Waals surface area contributed by atoms with E-state index in [-0.39, 0.29) is 56.1 Å². The molecule has 5 aromatic rings. The normalized spacial score (nSPS) is 16.6. The zero-order valence-electron chi connectivity index (χ0n) is 42.7. The van der Waals surface area contributed by atoms with E-state index in [4.69, 9.17) is 20.0 Å². The number of ether oxygens (including phenoxy) is 2. The number of fused-ring (bicyclic) bond motifs is 5. The molecule has 2 aliphatic heterocycles. The van der Waals surface area contributed by atoms with E-state index in [1.807, 2.05) is 30.3 Å². The highest BCUT2D eigenvalue weighted by atomic mass is 19.1. The average Bonchev–Trinajstić information content (AvgIpc) is 3.90. The van der Waals surface area contributed by atoms with Crippen molar-refractivity contribution in [2.45, 2.75) is 134 Å². The topological polar surface area (TPSA) is 268 Å². The van der Waals surface area contributed by atoms with Crippen LogP contribution in [0.1, 0.15) is 122 Å². The molecule has 4 heterocycles. The van der Waals surface area contributed by atoms with Gasteiger partial charge in [0.25, 0.3) is 5.56 Å². The maximum absolute atomic E-state index is 15.5. The minimum atomic E-state index is -2.03. The number of aliphatic hydroxyl groups is 1. The Balaban J connectivity index is 0.932. The highest BCUT2D eigenvalue weighted by Gasteiger charge is 2.46. The van der Waals surface area contributed by atoms with Crippen LogP contribution in [0, 0.1) is 12.7 Å². The quantitative estimate of drug-likeness (QED) is 0.0112. The smallest absolute Gasteiger partial charge is 0.407 e. The van der Waals surface area contributed by atoms with Gasteiger partial charge in [-0.15, -0.1) is 0 Å². The fourth-order valence-electron chi connectivity index (χ4n) is 10.4. The molecule has 4 amide bonds. The molecule has 0 saturated carbocycles. The number of nitrogens with one attached hydrogen (secondary N) is 5. The molecule has 0 unspecified atom stereocenters. The van der Waals surface area contributed by atoms with Crippen LogP contribution in [-0.2, 0) is 66.9 Å². The highest BCUT2D eigenvalue weighted by Crippen LogP contribution is 2.46. The molecule has 3 aliphatic rings. The fourth-order valence-corrected chi connectivity index (χ4v) is 10.4. The number of esters is 1. The van der Waals surface area contributed by atoms with Gasteiger partial charge < -0.3 is 45.7 Å². The summed E-state index contributed by atoms with van der Waals surface area (Å²) in [6, 6.07) is 16.4. The molecule has 3 aromatic carbocycles. The number of hydrogen-bond donors (Lipinski definition) is 6. The zero-order valence-corrected chi connectivity index (χ0v) is 42.7. The minimum Gasteiger partial charge on any atom is -0.458 e. The molecule has 76 heavy (non-hydrogen) atoms. The first-order valence-corrected chi connectivity index (χ1v) is 25.9. The third kappa shape index (κ3) is 12.0. The third-order valence-electron chi connectivity index (χ3n) is 14.5. The van der Waals surface area contributed by atoms with Crippen molar-refractivity contribution in [3.05, 3.63) is 151 Å². The SMILES string of the molecule is C=CNCCCC[C@H](NC(=O)[C@H](Cc1ccccc1)NC(=O)CCCCCCN=[N+]=[N-])C(=O)Nc1ccc(COC(=O)N[C@H]2CCc3c(C)c(F)cc4nc5c(c2c34)Cn2c-5cc3c(c2=O)COC(=O)[C@]3(O)CC)cc1. The number of halogens is 1. The van der Waals surface area contributed by atoms with E-state index < -0.39 is 59.0 Å². The van der Waals surface area contributed by atoms with Gasteiger partial charge in [0.15, 0.2) is 5.60 Å². The molecule has 0 spiro atoms. The van der Waals surface area contributed by atoms with Gasteiger partial charge in [-0.05, 0) is 116 Å². The number of amides is 4. The van der Waals surface area contributed by atoms with E-state index in [9.17, 15) is 33.9 Å². The summed E-state index contributed by atoms with van der Waals surface area (Å²) in [6.45, 7) is 7.69. The number of cyclic esters (lactones) is 1. The molecule has 0 fully saturated rings. The van der Waals surface area contributed by atoms with Crippen molar-refractivity contribution in [3.63, 3.8) is 0 Å². The van der Waals surface area contributed by atoms with Crippen LogP contribution in [0.15, 0.2) is 89.4 Å². The molecule has 0 bridgehead atoms. The number of hydrogen-bond acceptors (Lipinski definition) is 12. The van der Waals surface area contributed by atoms with Gasteiger partial charge in [0.1, 0.15) is 31.1 Å². The summed E-state index contributed by atoms with van der Waals surface area (Å²) in [6.07, 6.45) is 6.56. The average molecular weight is 1040 g/mol. The van der Waals surface area contributed by atoms with E-state index in [0.717, 1.165) is 30.4 Å². The molecule has 8 rings (SSSR count). The Bertz CT molecular complexity index is 3140. The summed E-state index contributed by atoms with van der Waals surface area (Å²) < 4.78 is 27.9. The lowest BCUT2D eigenvalue weighted by Crippen LogP contribution is -2.53. The lowest BCUT2D eigenvalue weighted by Gasteiger charge is -2.31. The van der Waals surface area contributed by atoms with Gasteiger partial charge in [-0.25, -0.2) is 19.0 Å². The van der Waals surface area contributed by atoms with Crippen molar-refractivity contribution in [3.8, 4) is 11.4 Å². The number of aromatic nitrogens is 2. The van der Waals surface area contributed by atoms with Crippen LogP contribution in [0.25, 0.3) is 32.7 Å². The van der Waals surface area contributed by atoms with Gasteiger partial charge in [0.05, 0.1) is 35.1 Å². The number of carbonyl (C=O) groups is 5. The summed E-state index contributed by atoms with van der Waals surface area (Å²) in [5.41, 5.74) is 11.8. The molecule has 2 aromatic heterocycles. The number of carbonyl (C=O) groups excluding carboxylic acids is 5. The van der Waals surface area contributed by atoms with Crippen LogP contribution < -0.4 is 32.1 Å². The highest BCUT2D eigenvalue weighted by molar-refractivity contribution is 5.99. The Morgan fingerprint density at radius 3 is 2.51 bits per heavy atom. The van der Waals surface area contributed by atoms with Crippen molar-refractivity contribution in [1.82, 2.24) is 30.8 Å². The van der Waals surface area contributed by atoms with Gasteiger partial charge in [0.2, 0.25) is 17.7 Å². The van der Waals surface area contributed by atoms with Crippen molar-refractivity contribution in [2.75, 3.05) is 18.4 Å². The lowest BCUT2D eigenvalue weighted by atomic mass is 9.81. The summed E-state index contributed by atoms with van der Waals surface area (Å²) in [7, 11) is 0. The Morgan fingerprint density at radius 1 is 0.987 bits per heavy atom. The maximum Gasteiger partial charge on any atom is 0.407 e. The molecular weight excluding hydrogens is 976 g/mol. The number of benzene rings is 3. The first kappa shape index (κ1) is 54.2. The summed E-state index contributed by atoms with van der Waals surface area (Å²) >= 11 is 0. The Morgan fingerprint density at radius 2 is 1.76 bits per heavy atom. The molecule has 1 aliphatic carbocycles. The molecule has 0 saturated heterocycles. The van der Waals surface area contributed by atoms with E-state index in [2.05, 4.69) is 43.2 Å². The molecule has 398 valence electrons. The lowest BCUT2D eigenvalue weighted by molar-refractivity contribution is -0.172. The molecule has 19 nitrogen and oxygen atoms in total. The van der Waals surface area contributed by atoms with Crippen LogP contribution in [0.3, 0.4) is 0 Å². The zero-order chi connectivity index (χ0) is 53.9. The standard InChI is InChI=1S/C56H63FN10O9/c1-4-56(74)40-28-46-50-38(30-67(46)53(71)39(40)32-75-54(56)72)49-42(24-23-37-33(3)41(57)29-44(63-50)48(37)49)65-55(73)76-31-35-19-21-36(22-20-35)61-51(69)43(17-12-14-25-59-5-2)64-52(70)45(27-34-15-9-8-10-16-34)62-47(68)18-11-6-7-13-26-60-66-58/h5,8-10,15-16,19-22,28-29,42-43,45,59,74H,2,4,6-7,11-14,17-18,23-27,30-32H2,1,3H3,(H,61,69)(H,62,68)(H,64,70)(H,65,73)/t42-,43-,45-,56-/m0/s1. The molecule has 20 heteroatoms. The predicted molar refractivity (Wildman–Crippen MR) is 282 cm³/mol. The van der Waals surface area contributed by atoms with Crippen molar-refractivity contribution in [1.29, 1.82) is 0 Å². The number of unbranched alkanes of at least 4 members (excludes halogenated alkanes) is 4. The second kappa shape index (κ2) is 24.5. The first-order chi connectivity index (χ1) is 36.7. The Hall–Kier alpha value is -8.09. The van der Waals surface area contributed by atoms with E-state index in [1.165, 1.54) is 10.6 Å². The molecule has 6 N–H and O–H groups in total. The van der Waals surface area contributed by atoms with Gasteiger partial charge in [-0.2, -0.15) is 0 Å². The van der Waals surface area contributed by atoms with Crippen molar-refractivity contribution >= 4 is 46.4 Å². The third-order valence-corrected chi connectivity index (χ3v) is 14.5. The Kier molecular flexibility index (Phi) is 17.5. The minimum absolute atomic E-state index is 0.0297. The van der Waals surface area contributed by atoms with Gasteiger partial charge in [0, 0.05) is 59.1 Å². The number of nitrogens with zero attached hydrogens (tertiary/aromatic N) is 5. The van der Waals surface area contributed by atoms with E-state index in [0.29, 0.717) is 102 Å². The predicted octanol–water partition coefficient (Wildman–Crippen LogP) is 7.76. The Labute approximate surface area is 438 Å². The van der Waals surface area contributed by atoms with E-state index in [1.54, 1.807) is 50.4 Å². The van der Waals surface area contributed by atoms with Crippen molar-refractivity contribution in [2.24, 2.45) is 5.11 Å². The van der Waals surface area contributed by atoms with Crippen LogP contribution in [0.5, 0.6) is 0 Å². The summed E-state index contributed by atoms with van der Waals surface area (Å²) in [4.78, 5) is 89.2. The van der Waals surface area contributed by atoms with Crippen LogP contribution in [0.2, 0.25) is 0 Å². The van der Waals surface area contributed by atoms with Crippen molar-refractivity contribution < 1.29 is 42.9 Å². The van der Waals surface area contributed by atoms with Crippen LogP contribution in [0.4, 0.5) is 14.9 Å².